The molecule has 0 spiro atoms. The Kier molecular flexibility index (Phi) is 4.79. The summed E-state index contributed by atoms with van der Waals surface area (Å²) in [6.07, 6.45) is 0. The Balaban J connectivity index is 2.34. The Morgan fingerprint density at radius 1 is 1.33 bits per heavy atom. The van der Waals surface area contributed by atoms with Crippen LogP contribution in [-0.4, -0.2) is 10.8 Å². The van der Waals surface area contributed by atoms with Gasteiger partial charge in [0.05, 0.1) is 10.5 Å². The Morgan fingerprint density at radius 2 is 2.05 bits per heavy atom. The van der Waals surface area contributed by atoms with Gasteiger partial charge in [-0.1, -0.05) is 17.7 Å². The molecule has 21 heavy (non-hydrogen) atoms. The molecule has 2 aromatic rings. The third kappa shape index (κ3) is 3.51. The van der Waals surface area contributed by atoms with Crippen LogP contribution in [0.1, 0.15) is 15.9 Å². The number of rotatable bonds is 3. The minimum Gasteiger partial charge on any atom is -0.322 e. The molecule has 0 radical (unpaired) electrons. The second kappa shape index (κ2) is 6.40. The number of nitrogens with one attached hydrogen (secondary N) is 1. The molecular weight excluding hydrogens is 407 g/mol. The van der Waals surface area contributed by atoms with Crippen LogP contribution in [0.15, 0.2) is 36.4 Å². The van der Waals surface area contributed by atoms with Gasteiger partial charge in [0.15, 0.2) is 0 Å². The van der Waals surface area contributed by atoms with Gasteiger partial charge in [-0.3, -0.25) is 14.9 Å². The van der Waals surface area contributed by atoms with Gasteiger partial charge >= 0.3 is 0 Å². The number of carbonyl (C=O) groups excluding carboxylic acids is 1. The smallest absolute Gasteiger partial charge is 0.270 e. The van der Waals surface area contributed by atoms with Crippen molar-refractivity contribution in [1.29, 1.82) is 0 Å². The largest absolute Gasteiger partial charge is 0.322 e. The standard InChI is InChI=1S/C14H10ClIN2O3/c1-8-11(15)3-2-4-13(8)17-14(19)10-7-9(18(20)21)5-6-12(10)16/h2-7H,1H3,(H,17,19). The van der Waals surface area contributed by atoms with Crippen LogP contribution >= 0.6 is 34.2 Å². The highest BCUT2D eigenvalue weighted by atomic mass is 127. The minimum atomic E-state index is -0.530. The van der Waals surface area contributed by atoms with Crippen molar-refractivity contribution in [2.75, 3.05) is 5.32 Å². The maximum absolute atomic E-state index is 12.3. The molecule has 0 saturated heterocycles. The highest BCUT2D eigenvalue weighted by molar-refractivity contribution is 14.1. The van der Waals surface area contributed by atoms with E-state index < -0.39 is 10.8 Å². The molecule has 1 amide bonds. The van der Waals surface area contributed by atoms with Crippen LogP contribution in [0, 0.1) is 20.6 Å². The number of non-ortho nitro benzene ring substituents is 1. The van der Waals surface area contributed by atoms with Gasteiger partial charge in [-0.15, -0.1) is 0 Å². The van der Waals surface area contributed by atoms with E-state index in [9.17, 15) is 14.9 Å². The van der Waals surface area contributed by atoms with Gasteiger partial charge < -0.3 is 5.32 Å². The van der Waals surface area contributed by atoms with E-state index in [1.807, 2.05) is 22.6 Å². The van der Waals surface area contributed by atoms with E-state index in [1.165, 1.54) is 12.1 Å². The second-order valence-corrected chi connectivity index (χ2v) is 5.86. The fraction of sp³-hybridized carbons (Fsp3) is 0.0714. The predicted octanol–water partition coefficient (Wildman–Crippen LogP) is 4.41. The monoisotopic (exact) mass is 416 g/mol. The number of nitro benzene ring substituents is 1. The molecule has 0 aliphatic carbocycles. The topological polar surface area (TPSA) is 72.2 Å². The highest BCUT2D eigenvalue weighted by Gasteiger charge is 2.16. The van der Waals surface area contributed by atoms with Crippen molar-refractivity contribution in [2.24, 2.45) is 0 Å². The van der Waals surface area contributed by atoms with Crippen molar-refractivity contribution in [3.05, 3.63) is 66.2 Å². The van der Waals surface area contributed by atoms with Gasteiger partial charge in [-0.25, -0.2) is 0 Å². The zero-order valence-electron chi connectivity index (χ0n) is 10.9. The molecule has 5 nitrogen and oxygen atoms in total. The summed E-state index contributed by atoms with van der Waals surface area (Å²) in [5.41, 5.74) is 1.45. The van der Waals surface area contributed by atoms with Gasteiger partial charge in [0.2, 0.25) is 0 Å². The summed E-state index contributed by atoms with van der Waals surface area (Å²) in [7, 11) is 0. The number of benzene rings is 2. The lowest BCUT2D eigenvalue weighted by atomic mass is 10.1. The Bertz CT molecular complexity index is 734. The van der Waals surface area contributed by atoms with E-state index in [0.29, 0.717) is 14.3 Å². The summed E-state index contributed by atoms with van der Waals surface area (Å²) in [5.74, 6) is -0.409. The molecule has 0 aromatic heterocycles. The number of carbonyl (C=O) groups is 1. The predicted molar refractivity (Wildman–Crippen MR) is 90.0 cm³/mol. The van der Waals surface area contributed by atoms with Gasteiger partial charge in [0.1, 0.15) is 0 Å². The summed E-state index contributed by atoms with van der Waals surface area (Å²) in [5, 5.41) is 14.1. The van der Waals surface area contributed by atoms with Crippen LogP contribution in [0.25, 0.3) is 0 Å². The lowest BCUT2D eigenvalue weighted by Gasteiger charge is -2.10. The second-order valence-electron chi connectivity index (χ2n) is 4.29. The molecule has 108 valence electrons. The van der Waals surface area contributed by atoms with Crippen LogP contribution in [0.5, 0.6) is 0 Å². The average Bonchev–Trinajstić information content (AvgIpc) is 2.44. The average molecular weight is 417 g/mol. The molecule has 0 atom stereocenters. The minimum absolute atomic E-state index is 0.122. The first-order chi connectivity index (χ1) is 9.90. The first-order valence-electron chi connectivity index (χ1n) is 5.90. The molecule has 1 N–H and O–H groups in total. The highest BCUT2D eigenvalue weighted by Crippen LogP contribution is 2.25. The zero-order valence-corrected chi connectivity index (χ0v) is 13.8. The molecule has 0 aliphatic heterocycles. The Hall–Kier alpha value is -1.67. The van der Waals surface area contributed by atoms with Crippen molar-refractivity contribution in [2.45, 2.75) is 6.92 Å². The maximum Gasteiger partial charge on any atom is 0.270 e. The molecule has 2 aromatic carbocycles. The lowest BCUT2D eigenvalue weighted by Crippen LogP contribution is -2.14. The summed E-state index contributed by atoms with van der Waals surface area (Å²) in [6, 6.07) is 9.34. The van der Waals surface area contributed by atoms with Crippen molar-refractivity contribution >= 4 is 51.5 Å². The van der Waals surface area contributed by atoms with E-state index in [0.717, 1.165) is 5.56 Å². The molecule has 7 heteroatoms. The normalized spacial score (nSPS) is 10.2. The number of anilines is 1. The maximum atomic E-state index is 12.3. The zero-order chi connectivity index (χ0) is 15.6. The lowest BCUT2D eigenvalue weighted by molar-refractivity contribution is -0.384. The van der Waals surface area contributed by atoms with Gasteiger partial charge in [-0.05, 0) is 53.3 Å². The third-order valence-corrected chi connectivity index (χ3v) is 4.27. The molecule has 0 heterocycles. The van der Waals surface area contributed by atoms with Crippen LogP contribution in [0.3, 0.4) is 0 Å². The molecule has 0 fully saturated rings. The Labute approximate surface area is 139 Å². The molecule has 2 rings (SSSR count). The SMILES string of the molecule is Cc1c(Cl)cccc1NC(=O)c1cc([N+](=O)[O-])ccc1I. The van der Waals surface area contributed by atoms with E-state index >= 15 is 0 Å². The molecule has 0 saturated carbocycles. The summed E-state index contributed by atoms with van der Waals surface area (Å²) in [4.78, 5) is 22.6. The van der Waals surface area contributed by atoms with Gasteiger partial charge in [0.25, 0.3) is 11.6 Å². The van der Waals surface area contributed by atoms with Crippen molar-refractivity contribution < 1.29 is 9.72 Å². The van der Waals surface area contributed by atoms with Crippen LogP contribution in [-0.2, 0) is 0 Å². The number of nitro groups is 1. The Morgan fingerprint density at radius 3 is 2.71 bits per heavy atom. The van der Waals surface area contributed by atoms with Crippen molar-refractivity contribution in [3.63, 3.8) is 0 Å². The van der Waals surface area contributed by atoms with Crippen LogP contribution < -0.4 is 5.32 Å². The molecular formula is C14H10ClIN2O3. The number of hydrogen-bond acceptors (Lipinski definition) is 3. The first kappa shape index (κ1) is 15.7. The summed E-state index contributed by atoms with van der Waals surface area (Å²) in [6.45, 7) is 1.79. The van der Waals surface area contributed by atoms with Crippen LogP contribution in [0.4, 0.5) is 11.4 Å². The van der Waals surface area contributed by atoms with Crippen molar-refractivity contribution in [3.8, 4) is 0 Å². The van der Waals surface area contributed by atoms with Gasteiger partial charge in [-0.2, -0.15) is 0 Å². The summed E-state index contributed by atoms with van der Waals surface area (Å²) < 4.78 is 0.635. The van der Waals surface area contributed by atoms with Crippen LogP contribution in [0.2, 0.25) is 5.02 Å². The van der Waals surface area contributed by atoms with E-state index in [4.69, 9.17) is 11.6 Å². The molecule has 0 aliphatic rings. The van der Waals surface area contributed by atoms with E-state index in [1.54, 1.807) is 31.2 Å². The number of hydrogen-bond donors (Lipinski definition) is 1. The van der Waals surface area contributed by atoms with Crippen molar-refractivity contribution in [1.82, 2.24) is 0 Å². The fourth-order valence-electron chi connectivity index (χ4n) is 1.73. The first-order valence-corrected chi connectivity index (χ1v) is 7.36. The summed E-state index contributed by atoms with van der Waals surface area (Å²) >= 11 is 7.96. The number of halogens is 2. The molecule has 0 bridgehead atoms. The third-order valence-electron chi connectivity index (χ3n) is 2.92. The van der Waals surface area contributed by atoms with E-state index in [-0.39, 0.29) is 11.3 Å². The van der Waals surface area contributed by atoms with E-state index in [2.05, 4.69) is 5.32 Å². The number of nitrogens with zero attached hydrogens (tertiary/aromatic N) is 1. The van der Waals surface area contributed by atoms with Gasteiger partial charge in [0, 0.05) is 26.4 Å². The molecule has 0 unspecified atom stereocenters. The number of amides is 1. The quantitative estimate of drug-likeness (QED) is 0.457. The fourth-order valence-corrected chi connectivity index (χ4v) is 2.49.